The average molecular weight is 290 g/mol. The Hall–Kier alpha value is -0.760. The molecule has 0 amide bonds. The molecule has 0 fully saturated rings. The Morgan fingerprint density at radius 1 is 1.00 bits per heavy atom. The van der Waals surface area contributed by atoms with Gasteiger partial charge in [0.1, 0.15) is 5.82 Å². The van der Waals surface area contributed by atoms with Gasteiger partial charge in [-0.05, 0) is 23.8 Å². The third-order valence-electron chi connectivity index (χ3n) is 2.44. The lowest BCUT2D eigenvalue weighted by atomic mass is 10.0. The third kappa shape index (κ3) is 2.74. The van der Waals surface area contributed by atoms with Crippen LogP contribution in [0, 0.1) is 5.82 Å². The van der Waals surface area contributed by atoms with Gasteiger partial charge in [-0.3, -0.25) is 0 Å². The Kier molecular flexibility index (Phi) is 3.93. The highest BCUT2D eigenvalue weighted by Gasteiger charge is 2.07. The van der Waals surface area contributed by atoms with E-state index in [9.17, 15) is 4.39 Å². The van der Waals surface area contributed by atoms with Crippen LogP contribution in [0.15, 0.2) is 36.4 Å². The van der Waals surface area contributed by atoms with E-state index in [1.807, 2.05) is 0 Å². The van der Waals surface area contributed by atoms with Crippen molar-refractivity contribution in [2.24, 2.45) is 0 Å². The number of halogens is 4. The van der Waals surface area contributed by atoms with E-state index in [4.69, 9.17) is 34.8 Å². The molecular weight excluding hydrogens is 281 g/mol. The summed E-state index contributed by atoms with van der Waals surface area (Å²) in [7, 11) is 0. The molecule has 0 aliphatic heterocycles. The fraction of sp³-hybridized carbons (Fsp3) is 0.0769. The maximum atomic E-state index is 13.6. The first-order chi connectivity index (χ1) is 8.11. The highest BCUT2D eigenvalue weighted by atomic mass is 35.5. The van der Waals surface area contributed by atoms with Gasteiger partial charge in [0.05, 0.1) is 5.88 Å². The van der Waals surface area contributed by atoms with E-state index >= 15 is 0 Å². The van der Waals surface area contributed by atoms with Gasteiger partial charge in [-0.1, -0.05) is 41.4 Å². The number of hydrogen-bond acceptors (Lipinski definition) is 0. The Balaban J connectivity index is 2.50. The lowest BCUT2D eigenvalue weighted by molar-refractivity contribution is 0.617. The van der Waals surface area contributed by atoms with Crippen LogP contribution >= 0.6 is 34.8 Å². The first-order valence-electron chi connectivity index (χ1n) is 4.91. The van der Waals surface area contributed by atoms with Crippen LogP contribution in [0.25, 0.3) is 11.1 Å². The molecule has 0 atom stereocenters. The van der Waals surface area contributed by atoms with E-state index in [1.54, 1.807) is 30.3 Å². The van der Waals surface area contributed by atoms with Gasteiger partial charge in [0.15, 0.2) is 0 Å². The van der Waals surface area contributed by atoms with Crippen molar-refractivity contribution in [2.75, 3.05) is 0 Å². The highest BCUT2D eigenvalue weighted by Crippen LogP contribution is 2.31. The third-order valence-corrected chi connectivity index (χ3v) is 3.27. The monoisotopic (exact) mass is 288 g/mol. The smallest absolute Gasteiger partial charge is 0.128 e. The number of rotatable bonds is 2. The summed E-state index contributed by atoms with van der Waals surface area (Å²) in [5.41, 5.74) is 1.93. The van der Waals surface area contributed by atoms with Gasteiger partial charge >= 0.3 is 0 Å². The molecule has 0 heterocycles. The molecule has 0 saturated carbocycles. The molecule has 0 spiro atoms. The molecule has 0 N–H and O–H groups in total. The molecule has 0 aromatic heterocycles. The van der Waals surface area contributed by atoms with E-state index in [2.05, 4.69) is 0 Å². The van der Waals surface area contributed by atoms with Crippen molar-refractivity contribution < 1.29 is 4.39 Å². The molecule has 4 heteroatoms. The van der Waals surface area contributed by atoms with E-state index in [0.29, 0.717) is 21.2 Å². The van der Waals surface area contributed by atoms with Crippen LogP contribution in [0.3, 0.4) is 0 Å². The zero-order valence-electron chi connectivity index (χ0n) is 8.68. The van der Waals surface area contributed by atoms with Crippen LogP contribution < -0.4 is 0 Å². The zero-order chi connectivity index (χ0) is 12.4. The molecule has 88 valence electrons. The standard InChI is InChI=1S/C13H8Cl3F/c14-7-9-2-1-8(5-13(9)17)11-4-3-10(15)6-12(11)16/h1-6H,7H2. The molecule has 2 aromatic rings. The van der Waals surface area contributed by atoms with Crippen LogP contribution in [0.1, 0.15) is 5.56 Å². The maximum absolute atomic E-state index is 13.6. The van der Waals surface area contributed by atoms with Gasteiger partial charge in [0, 0.05) is 21.2 Å². The summed E-state index contributed by atoms with van der Waals surface area (Å²) in [6.45, 7) is 0. The Morgan fingerprint density at radius 3 is 2.35 bits per heavy atom. The van der Waals surface area contributed by atoms with Crippen molar-refractivity contribution in [2.45, 2.75) is 5.88 Å². The number of hydrogen-bond donors (Lipinski definition) is 0. The second kappa shape index (κ2) is 5.26. The number of alkyl halides is 1. The van der Waals surface area contributed by atoms with E-state index in [-0.39, 0.29) is 11.7 Å². The van der Waals surface area contributed by atoms with Crippen LogP contribution in [0.5, 0.6) is 0 Å². The Morgan fingerprint density at radius 2 is 1.76 bits per heavy atom. The summed E-state index contributed by atoms with van der Waals surface area (Å²) in [6.07, 6.45) is 0. The van der Waals surface area contributed by atoms with Crippen molar-refractivity contribution in [3.05, 3.63) is 57.8 Å². The first-order valence-corrected chi connectivity index (χ1v) is 6.20. The second-order valence-corrected chi connectivity index (χ2v) is 4.67. The van der Waals surface area contributed by atoms with Crippen LogP contribution in [0.2, 0.25) is 10.0 Å². The molecule has 2 aromatic carbocycles. The van der Waals surface area contributed by atoms with Gasteiger partial charge in [0.25, 0.3) is 0 Å². The van der Waals surface area contributed by atoms with E-state index in [0.717, 1.165) is 5.56 Å². The zero-order valence-corrected chi connectivity index (χ0v) is 11.0. The fourth-order valence-electron chi connectivity index (χ4n) is 1.55. The molecule has 0 bridgehead atoms. The molecule has 2 rings (SSSR count). The van der Waals surface area contributed by atoms with E-state index in [1.165, 1.54) is 6.07 Å². The molecule has 17 heavy (non-hydrogen) atoms. The first kappa shape index (κ1) is 12.7. The summed E-state index contributed by atoms with van der Waals surface area (Å²) in [5, 5.41) is 1.05. The predicted octanol–water partition coefficient (Wildman–Crippen LogP) is 5.54. The topological polar surface area (TPSA) is 0 Å². The molecule has 0 saturated heterocycles. The van der Waals surface area contributed by atoms with Crippen LogP contribution in [0.4, 0.5) is 4.39 Å². The summed E-state index contributed by atoms with van der Waals surface area (Å²) in [4.78, 5) is 0. The van der Waals surface area contributed by atoms with Crippen molar-refractivity contribution in [3.8, 4) is 11.1 Å². The fourth-order valence-corrected chi connectivity index (χ4v) is 2.28. The summed E-state index contributed by atoms with van der Waals surface area (Å²) in [5.74, 6) is -0.177. The Bertz CT molecular complexity index is 552. The largest absolute Gasteiger partial charge is 0.207 e. The van der Waals surface area contributed by atoms with Gasteiger partial charge in [0.2, 0.25) is 0 Å². The molecule has 0 radical (unpaired) electrons. The molecule has 0 nitrogen and oxygen atoms in total. The normalized spacial score (nSPS) is 10.6. The average Bonchev–Trinajstić information content (AvgIpc) is 2.29. The summed E-state index contributed by atoms with van der Waals surface area (Å²) < 4.78 is 13.6. The van der Waals surface area contributed by atoms with E-state index < -0.39 is 0 Å². The van der Waals surface area contributed by atoms with Crippen LogP contribution in [-0.4, -0.2) is 0 Å². The molecule has 0 unspecified atom stereocenters. The minimum absolute atomic E-state index is 0.153. The summed E-state index contributed by atoms with van der Waals surface area (Å²) >= 11 is 17.5. The molecule has 0 aliphatic carbocycles. The molecular formula is C13H8Cl3F. The van der Waals surface area contributed by atoms with Gasteiger partial charge < -0.3 is 0 Å². The van der Waals surface area contributed by atoms with Crippen LogP contribution in [-0.2, 0) is 5.88 Å². The van der Waals surface area contributed by atoms with Gasteiger partial charge in [-0.25, -0.2) is 4.39 Å². The minimum atomic E-state index is -0.330. The van der Waals surface area contributed by atoms with Crippen molar-refractivity contribution in [1.29, 1.82) is 0 Å². The van der Waals surface area contributed by atoms with Crippen molar-refractivity contribution >= 4 is 34.8 Å². The SMILES string of the molecule is Fc1cc(-c2ccc(Cl)cc2Cl)ccc1CCl. The van der Waals surface area contributed by atoms with Gasteiger partial charge in [-0.2, -0.15) is 0 Å². The van der Waals surface area contributed by atoms with Gasteiger partial charge in [-0.15, -0.1) is 11.6 Å². The lowest BCUT2D eigenvalue weighted by Crippen LogP contribution is -1.88. The quantitative estimate of drug-likeness (QED) is 0.637. The van der Waals surface area contributed by atoms with Crippen molar-refractivity contribution in [1.82, 2.24) is 0 Å². The minimum Gasteiger partial charge on any atom is -0.207 e. The maximum Gasteiger partial charge on any atom is 0.128 e. The second-order valence-electron chi connectivity index (χ2n) is 3.56. The van der Waals surface area contributed by atoms with Crippen molar-refractivity contribution in [3.63, 3.8) is 0 Å². The Labute approximate surface area is 114 Å². The number of benzene rings is 2. The predicted molar refractivity (Wildman–Crippen MR) is 71.4 cm³/mol. The highest BCUT2D eigenvalue weighted by molar-refractivity contribution is 6.36. The lowest BCUT2D eigenvalue weighted by Gasteiger charge is -2.07. The summed E-state index contributed by atoms with van der Waals surface area (Å²) in [6, 6.07) is 9.98. The molecule has 0 aliphatic rings.